The van der Waals surface area contributed by atoms with Gasteiger partial charge in [-0.25, -0.2) is 4.79 Å². The SMILES string of the molecule is CC(=C/c1ccccc1)/C=C1/SC(=S)N(CCC(=O)NC(Cc2c[nH]c3ccccc23)C(=O)O)C1=O. The maximum absolute atomic E-state index is 12.9. The standard InChI is InChI=1S/C27H25N3O4S2/c1-17(13-18-7-3-2-4-8-18)14-23-25(32)30(27(35)36-23)12-11-24(31)29-22(26(33)34)15-19-16-28-21-10-6-5-9-20(19)21/h2-10,13-14,16,22,28H,11-12,15H2,1H3,(H,29,31)(H,33,34)/b17-13-,23-14+. The Bertz CT molecular complexity index is 1380. The summed E-state index contributed by atoms with van der Waals surface area (Å²) in [6.45, 7) is 1.99. The van der Waals surface area contributed by atoms with Crippen LogP contribution < -0.4 is 5.32 Å². The number of aromatic nitrogens is 1. The van der Waals surface area contributed by atoms with Gasteiger partial charge in [0.25, 0.3) is 5.91 Å². The summed E-state index contributed by atoms with van der Waals surface area (Å²) >= 11 is 6.55. The molecule has 9 heteroatoms. The largest absolute Gasteiger partial charge is 0.480 e. The number of thiocarbonyl (C=S) groups is 1. The number of allylic oxidation sites excluding steroid dienone is 2. The van der Waals surface area contributed by atoms with Crippen molar-refractivity contribution in [2.45, 2.75) is 25.8 Å². The number of nitrogens with zero attached hydrogens (tertiary/aromatic N) is 1. The smallest absolute Gasteiger partial charge is 0.326 e. The number of amides is 2. The summed E-state index contributed by atoms with van der Waals surface area (Å²) in [6, 6.07) is 16.3. The van der Waals surface area contributed by atoms with E-state index in [1.807, 2.05) is 67.6 Å². The van der Waals surface area contributed by atoms with E-state index in [9.17, 15) is 19.5 Å². The Morgan fingerprint density at radius 1 is 1.17 bits per heavy atom. The minimum absolute atomic E-state index is 0.0593. The zero-order valence-corrected chi connectivity index (χ0v) is 21.2. The van der Waals surface area contributed by atoms with Crippen LogP contribution in [0.4, 0.5) is 0 Å². The van der Waals surface area contributed by atoms with Gasteiger partial charge in [-0.3, -0.25) is 14.5 Å². The number of carbonyl (C=O) groups is 3. The Hall–Kier alpha value is -3.69. The number of benzene rings is 2. The number of para-hydroxylation sites is 1. The maximum atomic E-state index is 12.9. The van der Waals surface area contributed by atoms with Gasteiger partial charge in [0.05, 0.1) is 4.91 Å². The number of carbonyl (C=O) groups excluding carboxylic acids is 2. The first-order valence-corrected chi connectivity index (χ1v) is 12.6. The zero-order chi connectivity index (χ0) is 25.7. The lowest BCUT2D eigenvalue weighted by Gasteiger charge is -2.17. The van der Waals surface area contributed by atoms with Gasteiger partial charge in [-0.2, -0.15) is 0 Å². The summed E-state index contributed by atoms with van der Waals surface area (Å²) in [7, 11) is 0. The van der Waals surface area contributed by atoms with E-state index in [0.717, 1.165) is 27.6 Å². The number of rotatable bonds is 9. The molecule has 2 amide bonds. The Morgan fingerprint density at radius 2 is 1.89 bits per heavy atom. The molecule has 4 rings (SSSR count). The van der Waals surface area contributed by atoms with E-state index in [-0.39, 0.29) is 25.3 Å². The van der Waals surface area contributed by atoms with Gasteiger partial charge in [0, 0.05) is 36.5 Å². The Kier molecular flexibility index (Phi) is 8.02. The number of fused-ring (bicyclic) bond motifs is 1. The van der Waals surface area contributed by atoms with Crippen LogP contribution in [0.3, 0.4) is 0 Å². The minimum atomic E-state index is -1.12. The van der Waals surface area contributed by atoms with E-state index in [1.165, 1.54) is 16.7 Å². The normalized spacial score (nSPS) is 16.1. The molecule has 1 aliphatic rings. The Labute approximate surface area is 218 Å². The molecule has 1 unspecified atom stereocenters. The van der Waals surface area contributed by atoms with Crippen LogP contribution >= 0.6 is 24.0 Å². The summed E-state index contributed by atoms with van der Waals surface area (Å²) in [5.41, 5.74) is 3.64. The molecule has 0 saturated carbocycles. The summed E-state index contributed by atoms with van der Waals surface area (Å²) < 4.78 is 0.375. The minimum Gasteiger partial charge on any atom is -0.480 e. The molecule has 3 N–H and O–H groups in total. The van der Waals surface area contributed by atoms with E-state index in [0.29, 0.717) is 9.23 Å². The molecule has 184 valence electrons. The van der Waals surface area contributed by atoms with E-state index >= 15 is 0 Å². The molecule has 1 aromatic heterocycles. The summed E-state index contributed by atoms with van der Waals surface area (Å²) in [6.07, 6.45) is 5.60. The number of hydrogen-bond acceptors (Lipinski definition) is 5. The second-order valence-corrected chi connectivity index (χ2v) is 10.1. The van der Waals surface area contributed by atoms with Gasteiger partial charge >= 0.3 is 5.97 Å². The highest BCUT2D eigenvalue weighted by Gasteiger charge is 2.32. The second kappa shape index (κ2) is 11.4. The fourth-order valence-corrected chi connectivity index (χ4v) is 5.31. The van der Waals surface area contributed by atoms with Crippen molar-refractivity contribution in [2.24, 2.45) is 0 Å². The first-order chi connectivity index (χ1) is 17.3. The zero-order valence-electron chi connectivity index (χ0n) is 19.6. The lowest BCUT2D eigenvalue weighted by atomic mass is 10.0. The van der Waals surface area contributed by atoms with Crippen molar-refractivity contribution < 1.29 is 19.5 Å². The van der Waals surface area contributed by atoms with Gasteiger partial charge in [-0.05, 0) is 35.8 Å². The molecule has 0 spiro atoms. The third-order valence-corrected chi connectivity index (χ3v) is 7.10. The molecule has 1 fully saturated rings. The number of hydrogen-bond donors (Lipinski definition) is 3. The third-order valence-electron chi connectivity index (χ3n) is 5.72. The van der Waals surface area contributed by atoms with Crippen LogP contribution in [0.5, 0.6) is 0 Å². The van der Waals surface area contributed by atoms with E-state index in [2.05, 4.69) is 10.3 Å². The molecule has 1 aliphatic heterocycles. The number of H-pyrrole nitrogens is 1. The molecule has 1 atom stereocenters. The monoisotopic (exact) mass is 519 g/mol. The number of nitrogens with one attached hydrogen (secondary N) is 2. The molecule has 1 saturated heterocycles. The van der Waals surface area contributed by atoms with E-state index in [4.69, 9.17) is 12.2 Å². The molecular formula is C27H25N3O4S2. The molecule has 2 heterocycles. The van der Waals surface area contributed by atoms with Crippen molar-refractivity contribution in [2.75, 3.05) is 6.54 Å². The highest BCUT2D eigenvalue weighted by Crippen LogP contribution is 2.32. The van der Waals surface area contributed by atoms with Gasteiger partial charge < -0.3 is 15.4 Å². The average molecular weight is 520 g/mol. The van der Waals surface area contributed by atoms with E-state index in [1.54, 1.807) is 12.3 Å². The van der Waals surface area contributed by atoms with Gasteiger partial charge in [-0.1, -0.05) is 78.6 Å². The highest BCUT2D eigenvalue weighted by molar-refractivity contribution is 8.26. The molecular weight excluding hydrogens is 494 g/mol. The summed E-state index contributed by atoms with van der Waals surface area (Å²) in [4.78, 5) is 42.3. The molecule has 2 aromatic carbocycles. The van der Waals surface area contributed by atoms with Crippen LogP contribution in [0.15, 0.2) is 77.3 Å². The Morgan fingerprint density at radius 3 is 2.64 bits per heavy atom. The number of aliphatic carboxylic acids is 1. The number of thioether (sulfide) groups is 1. The topological polar surface area (TPSA) is 102 Å². The molecule has 0 aliphatic carbocycles. The van der Waals surface area contributed by atoms with Crippen LogP contribution in [0, 0.1) is 0 Å². The fraction of sp³-hybridized carbons (Fsp3) is 0.185. The predicted octanol–water partition coefficient (Wildman–Crippen LogP) is 4.52. The van der Waals surface area contributed by atoms with Crippen molar-refractivity contribution in [3.8, 4) is 0 Å². The van der Waals surface area contributed by atoms with Crippen LogP contribution in [-0.4, -0.2) is 49.7 Å². The number of carboxylic acid groups (broad SMARTS) is 1. The van der Waals surface area contributed by atoms with Crippen LogP contribution in [-0.2, 0) is 20.8 Å². The first kappa shape index (κ1) is 25.4. The lowest BCUT2D eigenvalue weighted by Crippen LogP contribution is -2.43. The number of aromatic amines is 1. The molecule has 7 nitrogen and oxygen atoms in total. The van der Waals surface area contributed by atoms with Crippen LogP contribution in [0.25, 0.3) is 17.0 Å². The van der Waals surface area contributed by atoms with E-state index < -0.39 is 17.9 Å². The second-order valence-electron chi connectivity index (χ2n) is 8.40. The molecule has 3 aromatic rings. The average Bonchev–Trinajstić information content (AvgIpc) is 3.37. The quantitative estimate of drug-likeness (QED) is 0.284. The Balaban J connectivity index is 1.35. The number of carboxylic acids is 1. The third kappa shape index (κ3) is 6.10. The van der Waals surface area contributed by atoms with Crippen molar-refractivity contribution in [3.05, 3.63) is 88.5 Å². The van der Waals surface area contributed by atoms with Gasteiger partial charge in [0.2, 0.25) is 5.91 Å². The van der Waals surface area contributed by atoms with Crippen molar-refractivity contribution in [3.63, 3.8) is 0 Å². The van der Waals surface area contributed by atoms with Gasteiger partial charge in [0.1, 0.15) is 10.4 Å². The van der Waals surface area contributed by atoms with Gasteiger partial charge in [0.15, 0.2) is 0 Å². The fourth-order valence-electron chi connectivity index (χ4n) is 3.95. The molecule has 36 heavy (non-hydrogen) atoms. The summed E-state index contributed by atoms with van der Waals surface area (Å²) in [5.74, 6) is -1.84. The van der Waals surface area contributed by atoms with Gasteiger partial charge in [-0.15, -0.1) is 0 Å². The van der Waals surface area contributed by atoms with Crippen LogP contribution in [0.1, 0.15) is 24.5 Å². The van der Waals surface area contributed by atoms with Crippen molar-refractivity contribution >= 4 is 63.1 Å². The lowest BCUT2D eigenvalue weighted by molar-refractivity contribution is -0.141. The molecule has 0 radical (unpaired) electrons. The molecule has 0 bridgehead atoms. The summed E-state index contributed by atoms with van der Waals surface area (Å²) in [5, 5.41) is 13.2. The predicted molar refractivity (Wildman–Crippen MR) is 146 cm³/mol. The van der Waals surface area contributed by atoms with Crippen molar-refractivity contribution in [1.29, 1.82) is 0 Å². The van der Waals surface area contributed by atoms with Crippen molar-refractivity contribution in [1.82, 2.24) is 15.2 Å². The highest BCUT2D eigenvalue weighted by atomic mass is 32.2. The van der Waals surface area contributed by atoms with Crippen LogP contribution in [0.2, 0.25) is 0 Å². The maximum Gasteiger partial charge on any atom is 0.326 e. The first-order valence-electron chi connectivity index (χ1n) is 11.4.